The van der Waals surface area contributed by atoms with Crippen molar-refractivity contribution in [3.8, 4) is 0 Å². The van der Waals surface area contributed by atoms with Crippen molar-refractivity contribution in [2.75, 3.05) is 18.0 Å². The lowest BCUT2D eigenvalue weighted by molar-refractivity contribution is 0.0603. The number of carbonyl (C=O) groups is 1. The van der Waals surface area contributed by atoms with E-state index in [1.807, 2.05) is 12.1 Å². The fraction of sp³-hybridized carbons (Fsp3) is 0.583. The Kier molecular flexibility index (Phi) is 3.30. The molecule has 2 fully saturated rings. The van der Waals surface area contributed by atoms with Gasteiger partial charge in [-0.25, -0.2) is 4.79 Å². The molecule has 3 rings (SSSR count). The Labute approximate surface area is 119 Å². The molecule has 1 amide bonds. The topological polar surface area (TPSA) is 69.6 Å². The lowest BCUT2D eigenvalue weighted by Gasteiger charge is -2.48. The van der Waals surface area contributed by atoms with Crippen molar-refractivity contribution in [1.29, 1.82) is 0 Å². The number of piperazine rings is 1. The molecule has 2 aliphatic heterocycles. The van der Waals surface area contributed by atoms with Crippen LogP contribution in [0.3, 0.4) is 0 Å². The zero-order valence-electron chi connectivity index (χ0n) is 10.4. The Morgan fingerprint density at radius 3 is 2.47 bits per heavy atom. The second-order valence-electron chi connectivity index (χ2n) is 5.05. The lowest BCUT2D eigenvalue weighted by atomic mass is 9.92. The van der Waals surface area contributed by atoms with Gasteiger partial charge >= 0.3 is 6.09 Å². The lowest BCUT2D eigenvalue weighted by Crippen LogP contribution is -2.62. The number of rotatable bonds is 1. The maximum absolute atomic E-state index is 11.3. The summed E-state index contributed by atoms with van der Waals surface area (Å²) in [6, 6.07) is 3.94. The maximum Gasteiger partial charge on any atom is 0.407 e. The van der Waals surface area contributed by atoms with Gasteiger partial charge in [0, 0.05) is 13.1 Å². The van der Waals surface area contributed by atoms with Crippen molar-refractivity contribution in [3.05, 3.63) is 16.7 Å². The molecule has 0 saturated carbocycles. The molecule has 2 aliphatic rings. The van der Waals surface area contributed by atoms with Crippen LogP contribution in [0.5, 0.6) is 0 Å². The normalized spacial score (nSPS) is 26.4. The van der Waals surface area contributed by atoms with E-state index in [2.05, 4.69) is 31.0 Å². The number of piperidine rings is 1. The van der Waals surface area contributed by atoms with Crippen LogP contribution >= 0.6 is 15.9 Å². The van der Waals surface area contributed by atoms with Crippen molar-refractivity contribution >= 4 is 27.8 Å². The van der Waals surface area contributed by atoms with E-state index in [1.54, 1.807) is 4.90 Å². The summed E-state index contributed by atoms with van der Waals surface area (Å²) >= 11 is 3.27. The molecule has 1 aromatic rings. The number of carboxylic acid groups (broad SMARTS) is 1. The molecule has 0 spiro atoms. The van der Waals surface area contributed by atoms with Gasteiger partial charge in [0.05, 0.1) is 12.1 Å². The highest BCUT2D eigenvalue weighted by atomic mass is 79.9. The van der Waals surface area contributed by atoms with E-state index in [9.17, 15) is 9.90 Å². The third-order valence-corrected chi connectivity index (χ3v) is 4.31. The van der Waals surface area contributed by atoms with Gasteiger partial charge in [0.2, 0.25) is 0 Å². The van der Waals surface area contributed by atoms with Gasteiger partial charge in [-0.2, -0.15) is 0 Å². The fourth-order valence-electron chi connectivity index (χ4n) is 3.08. The van der Waals surface area contributed by atoms with Crippen molar-refractivity contribution < 1.29 is 9.90 Å². The summed E-state index contributed by atoms with van der Waals surface area (Å²) in [6.45, 7) is 1.41. The number of hydrogen-bond acceptors (Lipinski definition) is 4. The summed E-state index contributed by atoms with van der Waals surface area (Å²) in [5, 5.41) is 17.5. The Morgan fingerprint density at radius 1 is 1.26 bits per heavy atom. The van der Waals surface area contributed by atoms with E-state index < -0.39 is 6.09 Å². The largest absolute Gasteiger partial charge is 0.465 e. The molecule has 0 radical (unpaired) electrons. The van der Waals surface area contributed by atoms with E-state index in [0.29, 0.717) is 17.7 Å². The van der Waals surface area contributed by atoms with Crippen molar-refractivity contribution in [2.24, 2.45) is 0 Å². The smallest absolute Gasteiger partial charge is 0.407 e. The quantitative estimate of drug-likeness (QED) is 0.854. The van der Waals surface area contributed by atoms with Crippen LogP contribution in [-0.2, 0) is 0 Å². The maximum atomic E-state index is 11.3. The van der Waals surface area contributed by atoms with Gasteiger partial charge in [-0.05, 0) is 47.3 Å². The van der Waals surface area contributed by atoms with Crippen LogP contribution < -0.4 is 4.90 Å². The van der Waals surface area contributed by atoms with Crippen molar-refractivity contribution in [2.45, 2.75) is 31.3 Å². The van der Waals surface area contributed by atoms with E-state index in [-0.39, 0.29) is 12.1 Å². The van der Waals surface area contributed by atoms with Gasteiger partial charge in [0.1, 0.15) is 4.60 Å². The highest BCUT2D eigenvalue weighted by Gasteiger charge is 2.40. The minimum atomic E-state index is -0.795. The van der Waals surface area contributed by atoms with Gasteiger partial charge < -0.3 is 10.0 Å². The third-order valence-electron chi connectivity index (χ3n) is 3.89. The third kappa shape index (κ3) is 2.39. The average molecular weight is 327 g/mol. The first-order valence-electron chi connectivity index (χ1n) is 6.40. The molecule has 1 N–H and O–H groups in total. The first-order chi connectivity index (χ1) is 9.15. The van der Waals surface area contributed by atoms with Crippen LogP contribution in [0, 0.1) is 0 Å². The summed E-state index contributed by atoms with van der Waals surface area (Å²) in [6.07, 6.45) is 2.18. The van der Waals surface area contributed by atoms with Crippen LogP contribution in [0.1, 0.15) is 19.3 Å². The molecule has 2 atom stereocenters. The summed E-state index contributed by atoms with van der Waals surface area (Å²) in [5.74, 6) is 0.824. The van der Waals surface area contributed by atoms with Gasteiger partial charge in [0.25, 0.3) is 0 Å². The van der Waals surface area contributed by atoms with Crippen LogP contribution in [-0.4, -0.2) is 51.5 Å². The zero-order chi connectivity index (χ0) is 13.4. The second kappa shape index (κ2) is 4.96. The van der Waals surface area contributed by atoms with Gasteiger partial charge in [0.15, 0.2) is 5.82 Å². The number of halogens is 1. The summed E-state index contributed by atoms with van der Waals surface area (Å²) in [5.41, 5.74) is 0. The molecule has 6 nitrogen and oxygen atoms in total. The molecule has 0 aromatic carbocycles. The van der Waals surface area contributed by atoms with Gasteiger partial charge in [-0.15, -0.1) is 10.2 Å². The van der Waals surface area contributed by atoms with Crippen molar-refractivity contribution in [1.82, 2.24) is 15.1 Å². The van der Waals surface area contributed by atoms with Gasteiger partial charge in [-0.3, -0.25) is 4.90 Å². The van der Waals surface area contributed by atoms with Gasteiger partial charge in [-0.1, -0.05) is 0 Å². The molecular formula is C12H15BrN4O2. The predicted octanol–water partition coefficient (Wildman–Crippen LogP) is 1.96. The molecule has 7 heteroatoms. The highest BCUT2D eigenvalue weighted by Crippen LogP contribution is 2.30. The number of nitrogens with zero attached hydrogens (tertiary/aromatic N) is 4. The number of hydrogen-bond donors (Lipinski definition) is 1. The number of anilines is 1. The highest BCUT2D eigenvalue weighted by molar-refractivity contribution is 9.10. The number of amides is 1. The van der Waals surface area contributed by atoms with E-state index in [4.69, 9.17) is 0 Å². The Balaban J connectivity index is 1.81. The standard InChI is InChI=1S/C12H15BrN4O2/c13-10-4-5-11(15-14-10)16-6-8-2-1-3-9(7-16)17(8)12(18)19/h4-5,8-9H,1-3,6-7H2,(H,18,19). The van der Waals surface area contributed by atoms with E-state index in [1.165, 1.54) is 0 Å². The summed E-state index contributed by atoms with van der Waals surface area (Å²) in [4.78, 5) is 15.1. The monoisotopic (exact) mass is 326 g/mol. The Bertz CT molecular complexity index is 467. The van der Waals surface area contributed by atoms with Crippen LogP contribution in [0.2, 0.25) is 0 Å². The van der Waals surface area contributed by atoms with E-state index in [0.717, 1.165) is 25.1 Å². The first-order valence-corrected chi connectivity index (χ1v) is 7.20. The predicted molar refractivity (Wildman–Crippen MR) is 73.2 cm³/mol. The first kappa shape index (κ1) is 12.7. The molecule has 102 valence electrons. The molecule has 3 heterocycles. The van der Waals surface area contributed by atoms with Crippen LogP contribution in [0.25, 0.3) is 0 Å². The van der Waals surface area contributed by atoms with Crippen LogP contribution in [0.4, 0.5) is 10.6 Å². The molecule has 1 aromatic heterocycles. The summed E-state index contributed by atoms with van der Waals surface area (Å²) < 4.78 is 0.709. The Hall–Kier alpha value is -1.37. The molecular weight excluding hydrogens is 312 g/mol. The Morgan fingerprint density at radius 2 is 1.95 bits per heavy atom. The average Bonchev–Trinajstić information content (AvgIpc) is 2.37. The summed E-state index contributed by atoms with van der Waals surface area (Å²) in [7, 11) is 0. The molecule has 0 aliphatic carbocycles. The fourth-order valence-corrected chi connectivity index (χ4v) is 3.30. The second-order valence-corrected chi connectivity index (χ2v) is 5.86. The molecule has 19 heavy (non-hydrogen) atoms. The molecule has 2 unspecified atom stereocenters. The minimum Gasteiger partial charge on any atom is -0.465 e. The van der Waals surface area contributed by atoms with Crippen molar-refractivity contribution in [3.63, 3.8) is 0 Å². The zero-order valence-corrected chi connectivity index (χ0v) is 12.0. The molecule has 2 saturated heterocycles. The SMILES string of the molecule is O=C(O)N1C2CCCC1CN(c1ccc(Br)nn1)C2. The number of fused-ring (bicyclic) bond motifs is 2. The minimum absolute atomic E-state index is 0.0791. The van der Waals surface area contributed by atoms with E-state index >= 15 is 0 Å². The number of aromatic nitrogens is 2. The molecule has 2 bridgehead atoms. The van der Waals surface area contributed by atoms with Crippen LogP contribution in [0.15, 0.2) is 16.7 Å².